The normalized spacial score (nSPS) is 13.4. The average Bonchev–Trinajstić information content (AvgIpc) is 4.07. The molecule has 18 heteroatoms. The third-order valence-electron chi connectivity index (χ3n) is 10.9. The Morgan fingerprint density at radius 2 is 1.13 bits per heavy atom. The molecule has 1 saturated carbocycles. The van der Waals surface area contributed by atoms with E-state index in [9.17, 15) is 33.6 Å². The molecular weight excluding hydrogens is 865 g/mol. The lowest BCUT2D eigenvalue weighted by Gasteiger charge is -2.19. The van der Waals surface area contributed by atoms with E-state index in [0.717, 1.165) is 33.4 Å². The van der Waals surface area contributed by atoms with Crippen molar-refractivity contribution in [2.75, 3.05) is 65.9 Å². The molecule has 0 unspecified atom stereocenters. The van der Waals surface area contributed by atoms with Crippen LogP contribution in [0.25, 0.3) is 11.1 Å². The molecule has 1 atom stereocenters. The van der Waals surface area contributed by atoms with E-state index in [2.05, 4.69) is 56.2 Å². The number of alkyl carbamates (subject to hydrolysis) is 1. The Bertz CT molecular complexity index is 2260. The molecule has 4 aromatic carbocycles. The quantitative estimate of drug-likeness (QED) is 0.0288. The highest BCUT2D eigenvalue weighted by molar-refractivity contribution is 5.93. The Morgan fingerprint density at radius 1 is 0.567 bits per heavy atom. The van der Waals surface area contributed by atoms with Gasteiger partial charge in [-0.25, -0.2) is 9.59 Å². The maximum atomic E-state index is 13.2. The third kappa shape index (κ3) is 15.8. The molecule has 2 aliphatic carbocycles. The summed E-state index contributed by atoms with van der Waals surface area (Å²) in [5.41, 5.74) is 5.01. The minimum atomic E-state index is -1.12. The van der Waals surface area contributed by atoms with Crippen molar-refractivity contribution in [3.63, 3.8) is 0 Å². The molecule has 0 bridgehead atoms. The van der Waals surface area contributed by atoms with Crippen LogP contribution in [0, 0.1) is 0 Å². The van der Waals surface area contributed by atoms with E-state index in [4.69, 9.17) is 23.7 Å². The van der Waals surface area contributed by atoms with Crippen molar-refractivity contribution >= 4 is 41.6 Å². The van der Waals surface area contributed by atoms with Gasteiger partial charge in [-0.2, -0.15) is 0 Å². The number of carbonyl (C=O) groups excluding carboxylic acids is 7. The summed E-state index contributed by atoms with van der Waals surface area (Å²) in [4.78, 5) is 88.1. The Labute approximate surface area is 388 Å². The molecule has 0 heterocycles. The van der Waals surface area contributed by atoms with Crippen LogP contribution < -0.4 is 31.9 Å². The lowest BCUT2D eigenvalue weighted by atomic mass is 9.98. The highest BCUT2D eigenvalue weighted by Crippen LogP contribution is 2.44. The fourth-order valence-electron chi connectivity index (χ4n) is 7.16. The molecule has 6 rings (SSSR count). The number of carbonyl (C=O) groups is 7. The van der Waals surface area contributed by atoms with Crippen molar-refractivity contribution in [3.8, 4) is 11.1 Å². The molecule has 0 radical (unpaired) electrons. The predicted molar refractivity (Wildman–Crippen MR) is 243 cm³/mol. The van der Waals surface area contributed by atoms with Crippen molar-refractivity contribution in [2.45, 2.75) is 49.9 Å². The number of rotatable bonds is 27. The van der Waals surface area contributed by atoms with E-state index in [0.29, 0.717) is 12.8 Å². The minimum absolute atomic E-state index is 0.0248. The highest BCUT2D eigenvalue weighted by Gasteiger charge is 2.53. The molecule has 0 aliphatic heterocycles. The van der Waals surface area contributed by atoms with Gasteiger partial charge in [0.15, 0.2) is 5.60 Å². The second-order valence-electron chi connectivity index (χ2n) is 15.8. The zero-order valence-electron chi connectivity index (χ0n) is 37.1. The number of hydrogen-bond donors (Lipinski definition) is 6. The summed E-state index contributed by atoms with van der Waals surface area (Å²) in [6.07, 6.45) is 0.438. The molecule has 0 saturated heterocycles. The van der Waals surface area contributed by atoms with Crippen LogP contribution in [0.15, 0.2) is 109 Å². The van der Waals surface area contributed by atoms with E-state index in [1.807, 2.05) is 54.6 Å². The van der Waals surface area contributed by atoms with E-state index >= 15 is 0 Å². The van der Waals surface area contributed by atoms with Crippen LogP contribution in [-0.4, -0.2) is 119 Å². The molecule has 0 aromatic heterocycles. The molecule has 67 heavy (non-hydrogen) atoms. The van der Waals surface area contributed by atoms with Gasteiger partial charge >= 0.3 is 12.1 Å². The SMILES string of the molecule is O=C(CCOCCOCCNC(=O)OCC1c2ccccc2-c2ccccc21)NCC(=O)NCC(=O)N[C@@H](Cc1ccccc1)C(=O)NCC(=O)NCOC1(C(=O)OCc2ccccc2)CC1. The second kappa shape index (κ2) is 25.5. The zero-order chi connectivity index (χ0) is 47.3. The maximum absolute atomic E-state index is 13.2. The van der Waals surface area contributed by atoms with Gasteiger partial charge in [0, 0.05) is 25.3 Å². The van der Waals surface area contributed by atoms with E-state index < -0.39 is 72.9 Å². The number of fused-ring (bicyclic) bond motifs is 3. The van der Waals surface area contributed by atoms with Crippen LogP contribution in [0.1, 0.15) is 47.4 Å². The summed E-state index contributed by atoms with van der Waals surface area (Å²) < 4.78 is 27.5. The third-order valence-corrected chi connectivity index (χ3v) is 10.9. The van der Waals surface area contributed by atoms with Crippen LogP contribution in [0.5, 0.6) is 0 Å². The van der Waals surface area contributed by atoms with Crippen LogP contribution in [0.3, 0.4) is 0 Å². The lowest BCUT2D eigenvalue weighted by Crippen LogP contribution is -2.52. The summed E-state index contributed by atoms with van der Waals surface area (Å²) >= 11 is 0. The molecule has 6 amide bonds. The number of amides is 6. The van der Waals surface area contributed by atoms with Gasteiger partial charge in [0.1, 0.15) is 26.0 Å². The maximum Gasteiger partial charge on any atom is 0.407 e. The van der Waals surface area contributed by atoms with Gasteiger partial charge in [-0.3, -0.25) is 24.0 Å². The Hall–Kier alpha value is -7.15. The summed E-state index contributed by atoms with van der Waals surface area (Å²) in [5, 5.41) is 15.1. The van der Waals surface area contributed by atoms with E-state index in [1.54, 1.807) is 30.3 Å². The summed E-state index contributed by atoms with van der Waals surface area (Å²) in [6.45, 7) is -0.293. The Kier molecular flexibility index (Phi) is 18.8. The van der Waals surface area contributed by atoms with Gasteiger partial charge in [-0.05, 0) is 46.2 Å². The minimum Gasteiger partial charge on any atom is -0.459 e. The number of benzene rings is 4. The fraction of sp³-hybridized carbons (Fsp3) is 0.367. The zero-order valence-corrected chi connectivity index (χ0v) is 37.1. The Balaban J connectivity index is 0.782. The topological polar surface area (TPSA) is 238 Å². The number of nitrogens with one attached hydrogen (secondary N) is 6. The van der Waals surface area contributed by atoms with Crippen LogP contribution in [0.4, 0.5) is 4.79 Å². The van der Waals surface area contributed by atoms with Gasteiger partial charge in [-0.15, -0.1) is 0 Å². The number of ether oxygens (including phenoxy) is 5. The summed E-state index contributed by atoms with van der Waals surface area (Å²) in [7, 11) is 0. The summed E-state index contributed by atoms with van der Waals surface area (Å²) in [6, 6.07) is 33.2. The lowest BCUT2D eigenvalue weighted by molar-refractivity contribution is -0.163. The molecule has 354 valence electrons. The van der Waals surface area contributed by atoms with Gasteiger partial charge in [-0.1, -0.05) is 109 Å². The highest BCUT2D eigenvalue weighted by atomic mass is 16.6. The molecule has 0 spiro atoms. The smallest absolute Gasteiger partial charge is 0.407 e. The van der Waals surface area contributed by atoms with E-state index in [1.165, 1.54) is 0 Å². The van der Waals surface area contributed by atoms with Crippen molar-refractivity contribution in [2.24, 2.45) is 0 Å². The molecule has 2 aliphatic rings. The monoisotopic (exact) mass is 920 g/mol. The standard InChI is InChI=1S/C49H56N6O12/c56-42(19-23-63-25-26-64-24-22-50-48(62)66-32-40-38-17-9-7-15-36(38)37-16-8-10-18-39(37)40)51-28-43(57)52-30-45(59)55-41(27-34-11-3-1-4-12-34)46(60)53-29-44(58)54-33-67-49(20-21-49)47(61)65-31-35-13-5-2-6-14-35/h1-18,40-41H,19-33H2,(H,50,62)(H,51,56)(H,52,57)(H,53,60)(H,54,58)(H,55,59)/t41-/m0/s1. The van der Waals surface area contributed by atoms with Gasteiger partial charge in [0.05, 0.1) is 46.1 Å². The van der Waals surface area contributed by atoms with Gasteiger partial charge in [0.25, 0.3) is 0 Å². The molecule has 4 aromatic rings. The first-order chi connectivity index (χ1) is 32.6. The van der Waals surface area contributed by atoms with Crippen molar-refractivity contribution < 1.29 is 57.2 Å². The predicted octanol–water partition coefficient (Wildman–Crippen LogP) is 2.39. The molecule has 18 nitrogen and oxygen atoms in total. The number of esters is 1. The number of hydrogen-bond acceptors (Lipinski definition) is 12. The molecular formula is C49H56N6O12. The molecule has 6 N–H and O–H groups in total. The van der Waals surface area contributed by atoms with Gasteiger partial charge < -0.3 is 55.6 Å². The average molecular weight is 921 g/mol. The molecule has 1 fully saturated rings. The van der Waals surface area contributed by atoms with Crippen LogP contribution in [0.2, 0.25) is 0 Å². The van der Waals surface area contributed by atoms with Crippen LogP contribution >= 0.6 is 0 Å². The van der Waals surface area contributed by atoms with Crippen molar-refractivity contribution in [1.29, 1.82) is 0 Å². The van der Waals surface area contributed by atoms with Crippen molar-refractivity contribution in [3.05, 3.63) is 131 Å². The first kappa shape index (κ1) is 49.3. The largest absolute Gasteiger partial charge is 0.459 e. The first-order valence-corrected chi connectivity index (χ1v) is 22.1. The Morgan fingerprint density at radius 3 is 1.81 bits per heavy atom. The summed E-state index contributed by atoms with van der Waals surface area (Å²) in [5.74, 6) is -3.54. The van der Waals surface area contributed by atoms with Crippen LogP contribution in [-0.2, 0) is 65.5 Å². The van der Waals surface area contributed by atoms with Gasteiger partial charge in [0.2, 0.25) is 29.5 Å². The first-order valence-electron chi connectivity index (χ1n) is 22.1. The fourth-order valence-corrected chi connectivity index (χ4v) is 7.16. The second-order valence-corrected chi connectivity index (χ2v) is 15.8. The van der Waals surface area contributed by atoms with Crippen molar-refractivity contribution in [1.82, 2.24) is 31.9 Å². The van der Waals surface area contributed by atoms with E-state index in [-0.39, 0.29) is 71.7 Å².